The number of aromatic nitrogens is 3. The van der Waals surface area contributed by atoms with Crippen molar-refractivity contribution in [3.05, 3.63) is 36.3 Å². The maximum atomic E-state index is 5.56. The van der Waals surface area contributed by atoms with E-state index in [9.17, 15) is 0 Å². The SMILES string of the molecule is Cn1nccc1NCCc1ccc(N)cn1. The van der Waals surface area contributed by atoms with Crippen LogP contribution >= 0.6 is 0 Å². The molecule has 0 fully saturated rings. The molecule has 0 unspecified atom stereocenters. The molecule has 2 rings (SSSR count). The Kier molecular flexibility index (Phi) is 3.05. The molecule has 0 spiro atoms. The smallest absolute Gasteiger partial charge is 0.123 e. The van der Waals surface area contributed by atoms with Gasteiger partial charge >= 0.3 is 0 Å². The first-order chi connectivity index (χ1) is 7.75. The van der Waals surface area contributed by atoms with Crippen LogP contribution < -0.4 is 11.1 Å². The molecule has 0 atom stereocenters. The lowest BCUT2D eigenvalue weighted by atomic mass is 10.2. The molecule has 0 bridgehead atoms. The van der Waals surface area contributed by atoms with Gasteiger partial charge in [-0.2, -0.15) is 5.10 Å². The summed E-state index contributed by atoms with van der Waals surface area (Å²) in [5, 5.41) is 7.36. The molecule has 2 heterocycles. The Morgan fingerprint density at radius 3 is 2.88 bits per heavy atom. The fourth-order valence-electron chi connectivity index (χ4n) is 1.45. The maximum Gasteiger partial charge on any atom is 0.123 e. The highest BCUT2D eigenvalue weighted by atomic mass is 15.3. The van der Waals surface area contributed by atoms with Crippen molar-refractivity contribution in [2.75, 3.05) is 17.6 Å². The molecule has 2 aromatic rings. The molecule has 2 aromatic heterocycles. The van der Waals surface area contributed by atoms with Gasteiger partial charge in [-0.05, 0) is 12.1 Å². The minimum Gasteiger partial charge on any atom is -0.397 e. The monoisotopic (exact) mass is 217 g/mol. The van der Waals surface area contributed by atoms with E-state index in [4.69, 9.17) is 5.73 Å². The molecule has 0 radical (unpaired) electrons. The second-order valence-corrected chi connectivity index (χ2v) is 3.60. The summed E-state index contributed by atoms with van der Waals surface area (Å²) < 4.78 is 1.80. The van der Waals surface area contributed by atoms with Crippen LogP contribution in [-0.4, -0.2) is 21.3 Å². The molecular weight excluding hydrogens is 202 g/mol. The second-order valence-electron chi connectivity index (χ2n) is 3.60. The van der Waals surface area contributed by atoms with Gasteiger partial charge in [0.25, 0.3) is 0 Å². The first-order valence-corrected chi connectivity index (χ1v) is 5.18. The van der Waals surface area contributed by atoms with Crippen molar-refractivity contribution in [1.29, 1.82) is 0 Å². The largest absolute Gasteiger partial charge is 0.397 e. The highest BCUT2D eigenvalue weighted by Crippen LogP contribution is 2.05. The highest BCUT2D eigenvalue weighted by Gasteiger charge is 1.98. The van der Waals surface area contributed by atoms with Crippen LogP contribution in [0.4, 0.5) is 11.5 Å². The van der Waals surface area contributed by atoms with Crippen LogP contribution in [0.15, 0.2) is 30.6 Å². The van der Waals surface area contributed by atoms with Crippen molar-refractivity contribution in [1.82, 2.24) is 14.8 Å². The van der Waals surface area contributed by atoms with Crippen molar-refractivity contribution in [2.45, 2.75) is 6.42 Å². The molecule has 16 heavy (non-hydrogen) atoms. The number of nitrogens with one attached hydrogen (secondary N) is 1. The topological polar surface area (TPSA) is 68.8 Å². The molecule has 0 aliphatic carbocycles. The predicted octanol–water partition coefficient (Wildman–Crippen LogP) is 1.05. The van der Waals surface area contributed by atoms with Crippen LogP contribution in [0.5, 0.6) is 0 Å². The van der Waals surface area contributed by atoms with Gasteiger partial charge in [-0.25, -0.2) is 0 Å². The lowest BCUT2D eigenvalue weighted by Crippen LogP contribution is -2.09. The van der Waals surface area contributed by atoms with Gasteiger partial charge in [0.05, 0.1) is 18.1 Å². The van der Waals surface area contributed by atoms with Gasteiger partial charge in [0, 0.05) is 31.8 Å². The zero-order valence-corrected chi connectivity index (χ0v) is 9.22. The third kappa shape index (κ3) is 2.50. The average molecular weight is 217 g/mol. The van der Waals surface area contributed by atoms with E-state index in [1.807, 2.05) is 25.2 Å². The summed E-state index contributed by atoms with van der Waals surface area (Å²) in [4.78, 5) is 4.23. The van der Waals surface area contributed by atoms with E-state index < -0.39 is 0 Å². The fraction of sp³-hybridized carbons (Fsp3) is 0.273. The van der Waals surface area contributed by atoms with Gasteiger partial charge in [-0.15, -0.1) is 0 Å². The van der Waals surface area contributed by atoms with Gasteiger partial charge in [-0.1, -0.05) is 0 Å². The Bertz CT molecular complexity index is 446. The molecule has 0 aromatic carbocycles. The zero-order valence-electron chi connectivity index (χ0n) is 9.22. The number of aryl methyl sites for hydroxylation is 1. The highest BCUT2D eigenvalue weighted by molar-refractivity contribution is 5.35. The van der Waals surface area contributed by atoms with Crippen molar-refractivity contribution in [3.63, 3.8) is 0 Å². The third-order valence-electron chi connectivity index (χ3n) is 2.36. The van der Waals surface area contributed by atoms with Crippen LogP contribution in [0.3, 0.4) is 0 Å². The number of nitrogen functional groups attached to an aromatic ring is 1. The molecule has 84 valence electrons. The number of rotatable bonds is 4. The van der Waals surface area contributed by atoms with Crippen molar-refractivity contribution < 1.29 is 0 Å². The number of hydrogen-bond donors (Lipinski definition) is 2. The van der Waals surface area contributed by atoms with Crippen molar-refractivity contribution in [3.8, 4) is 0 Å². The van der Waals surface area contributed by atoms with E-state index in [1.165, 1.54) is 0 Å². The van der Waals surface area contributed by atoms with Crippen LogP contribution in [0, 0.1) is 0 Å². The normalized spacial score (nSPS) is 10.3. The number of pyridine rings is 1. The van der Waals surface area contributed by atoms with Gasteiger partial charge in [-0.3, -0.25) is 9.67 Å². The molecule has 0 saturated heterocycles. The summed E-state index contributed by atoms with van der Waals surface area (Å²) in [6, 6.07) is 5.75. The summed E-state index contributed by atoms with van der Waals surface area (Å²) in [6.07, 6.45) is 4.31. The van der Waals surface area contributed by atoms with Crippen LogP contribution in [0.2, 0.25) is 0 Å². The van der Waals surface area contributed by atoms with Crippen molar-refractivity contribution in [2.24, 2.45) is 7.05 Å². The molecular formula is C11H15N5. The maximum absolute atomic E-state index is 5.56. The van der Waals surface area contributed by atoms with Crippen LogP contribution in [0.1, 0.15) is 5.69 Å². The Balaban J connectivity index is 1.84. The number of nitrogens with two attached hydrogens (primary N) is 1. The van der Waals surface area contributed by atoms with E-state index in [-0.39, 0.29) is 0 Å². The molecule has 5 nitrogen and oxygen atoms in total. The lowest BCUT2D eigenvalue weighted by Gasteiger charge is -2.05. The molecule has 0 aliphatic heterocycles. The van der Waals surface area contributed by atoms with E-state index in [0.717, 1.165) is 24.5 Å². The van der Waals surface area contributed by atoms with Gasteiger partial charge in [0.1, 0.15) is 5.82 Å². The van der Waals surface area contributed by atoms with Crippen LogP contribution in [-0.2, 0) is 13.5 Å². The lowest BCUT2D eigenvalue weighted by molar-refractivity contribution is 0.767. The van der Waals surface area contributed by atoms with Crippen LogP contribution in [0.25, 0.3) is 0 Å². The quantitative estimate of drug-likeness (QED) is 0.803. The Morgan fingerprint density at radius 1 is 1.38 bits per heavy atom. The number of hydrogen-bond acceptors (Lipinski definition) is 4. The van der Waals surface area contributed by atoms with E-state index in [0.29, 0.717) is 5.69 Å². The number of nitrogens with zero attached hydrogens (tertiary/aromatic N) is 3. The fourth-order valence-corrected chi connectivity index (χ4v) is 1.45. The summed E-state index contributed by atoms with van der Waals surface area (Å²) in [5.41, 5.74) is 7.29. The average Bonchev–Trinajstić information content (AvgIpc) is 2.68. The Labute approximate surface area is 94.3 Å². The Morgan fingerprint density at radius 2 is 2.25 bits per heavy atom. The standard InChI is InChI=1S/C11H15N5/c1-16-11(5-7-15-16)13-6-4-10-3-2-9(12)8-14-10/h2-3,5,7-8,13H,4,6,12H2,1H3. The summed E-state index contributed by atoms with van der Waals surface area (Å²) in [6.45, 7) is 0.830. The summed E-state index contributed by atoms with van der Waals surface area (Å²) in [5.74, 6) is 1.01. The van der Waals surface area contributed by atoms with E-state index >= 15 is 0 Å². The van der Waals surface area contributed by atoms with Gasteiger partial charge in [0.2, 0.25) is 0 Å². The molecule has 0 amide bonds. The van der Waals surface area contributed by atoms with Gasteiger partial charge < -0.3 is 11.1 Å². The minimum absolute atomic E-state index is 0.698. The van der Waals surface area contributed by atoms with Gasteiger partial charge in [0.15, 0.2) is 0 Å². The summed E-state index contributed by atoms with van der Waals surface area (Å²) >= 11 is 0. The first-order valence-electron chi connectivity index (χ1n) is 5.18. The van der Waals surface area contributed by atoms with E-state index in [1.54, 1.807) is 17.1 Å². The first kappa shape index (κ1) is 10.5. The van der Waals surface area contributed by atoms with E-state index in [2.05, 4.69) is 15.4 Å². The predicted molar refractivity (Wildman–Crippen MR) is 64.1 cm³/mol. The number of anilines is 2. The minimum atomic E-state index is 0.698. The third-order valence-corrected chi connectivity index (χ3v) is 2.36. The molecule has 3 N–H and O–H groups in total. The Hall–Kier alpha value is -2.04. The molecule has 0 saturated carbocycles. The summed E-state index contributed by atoms with van der Waals surface area (Å²) in [7, 11) is 1.91. The zero-order chi connectivity index (χ0) is 11.4. The second kappa shape index (κ2) is 4.65. The van der Waals surface area contributed by atoms with Crippen molar-refractivity contribution >= 4 is 11.5 Å². The molecule has 5 heteroatoms. The molecule has 0 aliphatic rings.